The minimum Gasteiger partial charge on any atom is -0.351 e. The molecule has 0 saturated carbocycles. The molecule has 124 valence electrons. The maximum Gasteiger partial charge on any atom is 0.146 e. The van der Waals surface area contributed by atoms with Crippen LogP contribution < -0.4 is 4.90 Å². The summed E-state index contributed by atoms with van der Waals surface area (Å²) in [4.78, 5) is 10.8. The van der Waals surface area contributed by atoms with Crippen molar-refractivity contribution in [1.82, 2.24) is 9.97 Å². The monoisotopic (exact) mass is 332 g/mol. The van der Waals surface area contributed by atoms with E-state index in [4.69, 9.17) is 0 Å². The zero-order chi connectivity index (χ0) is 17.5. The van der Waals surface area contributed by atoms with Crippen LogP contribution in [0.15, 0.2) is 67.0 Å². The van der Waals surface area contributed by atoms with Gasteiger partial charge in [0.05, 0.1) is 5.56 Å². The van der Waals surface area contributed by atoms with Crippen LogP contribution in [-0.4, -0.2) is 16.5 Å². The summed E-state index contributed by atoms with van der Waals surface area (Å²) in [6.07, 6.45) is 4.17. The predicted molar refractivity (Wildman–Crippen MR) is 94.3 cm³/mol. The molecule has 0 bridgehead atoms. The second-order valence-corrected chi connectivity index (χ2v) is 5.61. The van der Waals surface area contributed by atoms with Gasteiger partial charge in [-0.3, -0.25) is 4.98 Å². The summed E-state index contributed by atoms with van der Waals surface area (Å²) in [5, 5.41) is 9.38. The zero-order valence-electron chi connectivity index (χ0n) is 13.6. The Bertz CT molecular complexity index is 857. The lowest BCUT2D eigenvalue weighted by Crippen LogP contribution is -2.27. The van der Waals surface area contributed by atoms with Gasteiger partial charge in [0.15, 0.2) is 0 Å². The SMILES string of the molecule is N#Cc1cccnc1N(CCc1ccccn1)Cc1ccc(F)cc1. The van der Waals surface area contributed by atoms with Crippen molar-refractivity contribution < 1.29 is 4.39 Å². The van der Waals surface area contributed by atoms with E-state index < -0.39 is 0 Å². The third-order valence-electron chi connectivity index (χ3n) is 3.86. The number of benzene rings is 1. The van der Waals surface area contributed by atoms with Gasteiger partial charge in [-0.1, -0.05) is 18.2 Å². The third-order valence-corrected chi connectivity index (χ3v) is 3.86. The summed E-state index contributed by atoms with van der Waals surface area (Å²) in [6, 6.07) is 17.9. The van der Waals surface area contributed by atoms with Gasteiger partial charge in [-0.15, -0.1) is 0 Å². The molecule has 0 aliphatic heterocycles. The molecule has 0 N–H and O–H groups in total. The smallest absolute Gasteiger partial charge is 0.146 e. The summed E-state index contributed by atoms with van der Waals surface area (Å²) < 4.78 is 13.2. The lowest BCUT2D eigenvalue weighted by molar-refractivity contribution is 0.626. The molecule has 0 fully saturated rings. The highest BCUT2D eigenvalue weighted by Crippen LogP contribution is 2.19. The van der Waals surface area contributed by atoms with Crippen LogP contribution >= 0.6 is 0 Å². The number of anilines is 1. The highest BCUT2D eigenvalue weighted by Gasteiger charge is 2.14. The molecule has 25 heavy (non-hydrogen) atoms. The summed E-state index contributed by atoms with van der Waals surface area (Å²) in [5.74, 6) is 0.365. The number of nitriles is 1. The Morgan fingerprint density at radius 2 is 1.76 bits per heavy atom. The Labute approximate surface area is 146 Å². The molecule has 0 amide bonds. The van der Waals surface area contributed by atoms with Gasteiger partial charge in [-0.25, -0.2) is 9.37 Å². The van der Waals surface area contributed by atoms with E-state index in [0.717, 1.165) is 17.7 Å². The van der Waals surface area contributed by atoms with Crippen molar-refractivity contribution in [2.24, 2.45) is 0 Å². The summed E-state index contributed by atoms with van der Waals surface area (Å²) in [7, 11) is 0. The Balaban J connectivity index is 1.85. The number of aromatic nitrogens is 2. The Morgan fingerprint density at radius 1 is 0.960 bits per heavy atom. The summed E-state index contributed by atoms with van der Waals surface area (Å²) >= 11 is 0. The first kappa shape index (κ1) is 16.6. The molecule has 0 unspecified atom stereocenters. The average molecular weight is 332 g/mol. The van der Waals surface area contributed by atoms with Crippen LogP contribution in [0.4, 0.5) is 10.2 Å². The highest BCUT2D eigenvalue weighted by molar-refractivity contribution is 5.53. The molecule has 0 aliphatic carbocycles. The predicted octanol–water partition coefficient (Wildman–Crippen LogP) is 3.74. The maximum absolute atomic E-state index is 13.2. The van der Waals surface area contributed by atoms with Crippen LogP contribution in [-0.2, 0) is 13.0 Å². The highest BCUT2D eigenvalue weighted by atomic mass is 19.1. The molecule has 2 aromatic heterocycles. The van der Waals surface area contributed by atoms with E-state index in [9.17, 15) is 9.65 Å². The Kier molecular flexibility index (Phi) is 5.32. The fourth-order valence-corrected chi connectivity index (χ4v) is 2.60. The molecular weight excluding hydrogens is 315 g/mol. The standard InChI is InChI=1S/C20H17FN4/c21-18-8-6-16(7-9-18)15-25(13-10-19-5-1-2-11-23-19)20-17(14-22)4-3-12-24-20/h1-9,11-12H,10,13,15H2. The second-order valence-electron chi connectivity index (χ2n) is 5.61. The van der Waals surface area contributed by atoms with Gasteiger partial charge in [-0.05, 0) is 42.0 Å². The molecule has 0 radical (unpaired) electrons. The maximum atomic E-state index is 13.2. The van der Waals surface area contributed by atoms with Crippen LogP contribution in [0.1, 0.15) is 16.8 Å². The van der Waals surface area contributed by atoms with Crippen LogP contribution in [0.5, 0.6) is 0 Å². The lowest BCUT2D eigenvalue weighted by Gasteiger charge is -2.24. The van der Waals surface area contributed by atoms with E-state index in [1.807, 2.05) is 23.1 Å². The van der Waals surface area contributed by atoms with Gasteiger partial charge in [-0.2, -0.15) is 5.26 Å². The lowest BCUT2D eigenvalue weighted by atomic mass is 10.1. The van der Waals surface area contributed by atoms with Crippen molar-refractivity contribution in [2.75, 3.05) is 11.4 Å². The van der Waals surface area contributed by atoms with Gasteiger partial charge in [0.1, 0.15) is 17.7 Å². The normalized spacial score (nSPS) is 10.2. The van der Waals surface area contributed by atoms with Crippen LogP contribution in [0.3, 0.4) is 0 Å². The minimum atomic E-state index is -0.265. The van der Waals surface area contributed by atoms with Crippen molar-refractivity contribution in [3.8, 4) is 6.07 Å². The first-order valence-electron chi connectivity index (χ1n) is 8.00. The molecule has 3 rings (SSSR count). The zero-order valence-corrected chi connectivity index (χ0v) is 13.6. The van der Waals surface area contributed by atoms with E-state index in [0.29, 0.717) is 24.5 Å². The Hall–Kier alpha value is -3.26. The van der Waals surface area contributed by atoms with Crippen molar-refractivity contribution in [3.63, 3.8) is 0 Å². The van der Waals surface area contributed by atoms with Gasteiger partial charge < -0.3 is 4.90 Å². The van der Waals surface area contributed by atoms with Crippen LogP contribution in [0.2, 0.25) is 0 Å². The quantitative estimate of drug-likeness (QED) is 0.690. The average Bonchev–Trinajstić information content (AvgIpc) is 2.67. The molecule has 0 aliphatic rings. The van der Waals surface area contributed by atoms with E-state index in [1.54, 1.807) is 36.7 Å². The van der Waals surface area contributed by atoms with E-state index in [-0.39, 0.29) is 5.82 Å². The van der Waals surface area contributed by atoms with Gasteiger partial charge in [0.2, 0.25) is 0 Å². The molecule has 0 spiro atoms. The summed E-state index contributed by atoms with van der Waals surface area (Å²) in [5.41, 5.74) is 2.45. The number of hydrogen-bond acceptors (Lipinski definition) is 4. The van der Waals surface area contributed by atoms with Gasteiger partial charge >= 0.3 is 0 Å². The topological polar surface area (TPSA) is 52.8 Å². The van der Waals surface area contributed by atoms with Crippen molar-refractivity contribution >= 4 is 5.82 Å². The van der Waals surface area contributed by atoms with E-state index in [1.165, 1.54) is 12.1 Å². The largest absolute Gasteiger partial charge is 0.351 e. The fourth-order valence-electron chi connectivity index (χ4n) is 2.60. The molecule has 1 aromatic carbocycles. The van der Waals surface area contributed by atoms with E-state index in [2.05, 4.69) is 16.0 Å². The number of rotatable bonds is 6. The second kappa shape index (κ2) is 8.02. The third kappa shape index (κ3) is 4.39. The molecule has 4 nitrogen and oxygen atoms in total. The molecule has 0 saturated heterocycles. The van der Waals surface area contributed by atoms with Crippen molar-refractivity contribution in [1.29, 1.82) is 5.26 Å². The van der Waals surface area contributed by atoms with Crippen LogP contribution in [0.25, 0.3) is 0 Å². The summed E-state index contributed by atoms with van der Waals surface area (Å²) in [6.45, 7) is 1.19. The number of halogens is 1. The molecule has 2 heterocycles. The number of nitrogens with zero attached hydrogens (tertiary/aromatic N) is 4. The molecule has 5 heteroatoms. The number of pyridine rings is 2. The molecule has 0 atom stereocenters. The molecular formula is C20H17FN4. The van der Waals surface area contributed by atoms with Crippen LogP contribution in [0, 0.1) is 17.1 Å². The van der Waals surface area contributed by atoms with Gasteiger partial charge in [0, 0.05) is 37.6 Å². The minimum absolute atomic E-state index is 0.265. The van der Waals surface area contributed by atoms with Gasteiger partial charge in [0.25, 0.3) is 0 Å². The number of hydrogen-bond donors (Lipinski definition) is 0. The molecule has 3 aromatic rings. The fraction of sp³-hybridized carbons (Fsp3) is 0.150. The van der Waals surface area contributed by atoms with Crippen molar-refractivity contribution in [2.45, 2.75) is 13.0 Å². The van der Waals surface area contributed by atoms with Crippen molar-refractivity contribution in [3.05, 3.63) is 89.6 Å². The first-order chi connectivity index (χ1) is 12.3. The Morgan fingerprint density at radius 3 is 2.48 bits per heavy atom. The van der Waals surface area contributed by atoms with E-state index >= 15 is 0 Å². The first-order valence-corrected chi connectivity index (χ1v) is 8.00.